The number of hydrogen-bond acceptors (Lipinski definition) is 0. The zero-order valence-corrected chi connectivity index (χ0v) is 10.1. The molecule has 0 N–H and O–H groups in total. The fourth-order valence-corrected chi connectivity index (χ4v) is 5.68. The standard InChI is InChI=1S/C14H24/c1-9(2)14(4)12-8-13(14,3)11-7-5-6-10(11)12/h9-12H,5-8H2,1-4H3. The average Bonchev–Trinajstić information content (AvgIpc) is 2.71. The summed E-state index contributed by atoms with van der Waals surface area (Å²) < 4.78 is 0. The summed E-state index contributed by atoms with van der Waals surface area (Å²) in [5.74, 6) is 4.18. The summed E-state index contributed by atoms with van der Waals surface area (Å²) in [6, 6.07) is 0. The van der Waals surface area contributed by atoms with Crippen LogP contribution in [0, 0.1) is 34.5 Å². The first-order valence-corrected chi connectivity index (χ1v) is 6.52. The summed E-state index contributed by atoms with van der Waals surface area (Å²) in [6.45, 7) is 10.1. The molecule has 4 aliphatic carbocycles. The third-order valence-corrected chi connectivity index (χ3v) is 6.75. The van der Waals surface area contributed by atoms with Gasteiger partial charge in [-0.3, -0.25) is 0 Å². The van der Waals surface area contributed by atoms with Crippen molar-refractivity contribution in [2.75, 3.05) is 0 Å². The van der Waals surface area contributed by atoms with E-state index in [1.54, 1.807) is 19.3 Å². The van der Waals surface area contributed by atoms with Crippen LogP contribution in [0.4, 0.5) is 0 Å². The second-order valence-corrected chi connectivity index (χ2v) is 6.87. The predicted octanol–water partition coefficient (Wildman–Crippen LogP) is 4.10. The Morgan fingerprint density at radius 2 is 1.79 bits per heavy atom. The molecule has 14 heavy (non-hydrogen) atoms. The Morgan fingerprint density at radius 1 is 1.07 bits per heavy atom. The molecular formula is C14H24. The van der Waals surface area contributed by atoms with Crippen LogP contribution < -0.4 is 0 Å². The first-order valence-electron chi connectivity index (χ1n) is 6.52. The summed E-state index contributed by atoms with van der Waals surface area (Å²) >= 11 is 0. The fraction of sp³-hybridized carbons (Fsp3) is 1.00. The van der Waals surface area contributed by atoms with Crippen molar-refractivity contribution in [1.82, 2.24) is 0 Å². The van der Waals surface area contributed by atoms with Gasteiger partial charge in [-0.2, -0.15) is 0 Å². The predicted molar refractivity (Wildman–Crippen MR) is 60.0 cm³/mol. The van der Waals surface area contributed by atoms with Crippen LogP contribution >= 0.6 is 0 Å². The molecule has 0 saturated heterocycles. The molecule has 0 aromatic rings. The summed E-state index contributed by atoms with van der Waals surface area (Å²) in [4.78, 5) is 0. The smallest absolute Gasteiger partial charge is 0.0215 e. The molecule has 4 aliphatic rings. The number of rotatable bonds is 1. The molecule has 0 aromatic heterocycles. The maximum absolute atomic E-state index is 2.60. The lowest BCUT2D eigenvalue weighted by Gasteiger charge is -2.60. The van der Waals surface area contributed by atoms with Crippen LogP contribution in [0.2, 0.25) is 0 Å². The highest BCUT2D eigenvalue weighted by Gasteiger charge is 2.73. The van der Waals surface area contributed by atoms with Gasteiger partial charge in [-0.25, -0.2) is 0 Å². The molecule has 0 nitrogen and oxygen atoms in total. The van der Waals surface area contributed by atoms with Gasteiger partial charge in [0.2, 0.25) is 0 Å². The normalized spacial score (nSPS) is 60.2. The van der Waals surface area contributed by atoms with E-state index >= 15 is 0 Å². The zero-order chi connectivity index (χ0) is 10.1. The molecule has 5 atom stereocenters. The quantitative estimate of drug-likeness (QED) is 0.586. The highest BCUT2D eigenvalue weighted by Crippen LogP contribution is 2.80. The van der Waals surface area contributed by atoms with Gasteiger partial charge in [0.1, 0.15) is 0 Å². The minimum absolute atomic E-state index is 0.683. The minimum atomic E-state index is 0.683. The van der Waals surface area contributed by atoms with Crippen molar-refractivity contribution < 1.29 is 0 Å². The van der Waals surface area contributed by atoms with Gasteiger partial charge in [0.15, 0.2) is 0 Å². The third-order valence-electron chi connectivity index (χ3n) is 6.75. The van der Waals surface area contributed by atoms with Crippen molar-refractivity contribution >= 4 is 0 Å². The van der Waals surface area contributed by atoms with E-state index in [4.69, 9.17) is 0 Å². The van der Waals surface area contributed by atoms with E-state index in [1.807, 2.05) is 0 Å². The van der Waals surface area contributed by atoms with Gasteiger partial charge < -0.3 is 0 Å². The Hall–Kier alpha value is 0. The SMILES string of the molecule is CC(C)C1(C)C2CC1(C)C1CCCC12. The summed E-state index contributed by atoms with van der Waals surface area (Å²) in [7, 11) is 0. The van der Waals surface area contributed by atoms with E-state index < -0.39 is 0 Å². The van der Waals surface area contributed by atoms with E-state index in [2.05, 4.69) is 27.7 Å². The zero-order valence-electron chi connectivity index (χ0n) is 10.1. The lowest BCUT2D eigenvalue weighted by Crippen LogP contribution is -2.53. The highest BCUT2D eigenvalue weighted by molar-refractivity contribution is 5.21. The molecule has 0 aliphatic heterocycles. The first-order chi connectivity index (χ1) is 6.52. The van der Waals surface area contributed by atoms with Crippen LogP contribution in [-0.2, 0) is 0 Å². The van der Waals surface area contributed by atoms with E-state index in [-0.39, 0.29) is 0 Å². The largest absolute Gasteiger partial charge is 0.0622 e. The van der Waals surface area contributed by atoms with Gasteiger partial charge in [-0.1, -0.05) is 34.1 Å². The molecule has 0 heterocycles. The summed E-state index contributed by atoms with van der Waals surface area (Å²) in [5, 5.41) is 0. The van der Waals surface area contributed by atoms with Gasteiger partial charge >= 0.3 is 0 Å². The van der Waals surface area contributed by atoms with Gasteiger partial charge in [-0.15, -0.1) is 0 Å². The molecule has 4 fully saturated rings. The second-order valence-electron chi connectivity index (χ2n) is 6.87. The molecule has 0 radical (unpaired) electrons. The van der Waals surface area contributed by atoms with E-state index in [1.165, 1.54) is 6.42 Å². The molecule has 4 rings (SSSR count). The van der Waals surface area contributed by atoms with Gasteiger partial charge in [-0.05, 0) is 53.8 Å². The monoisotopic (exact) mass is 192 g/mol. The molecule has 0 aromatic carbocycles. The minimum Gasteiger partial charge on any atom is -0.0622 e. The molecule has 80 valence electrons. The van der Waals surface area contributed by atoms with Gasteiger partial charge in [0.05, 0.1) is 0 Å². The third kappa shape index (κ3) is 0.686. The van der Waals surface area contributed by atoms with Crippen LogP contribution in [0.15, 0.2) is 0 Å². The Balaban J connectivity index is 2.00. The molecule has 4 saturated carbocycles. The van der Waals surface area contributed by atoms with Gasteiger partial charge in [0, 0.05) is 0 Å². The second kappa shape index (κ2) is 2.39. The van der Waals surface area contributed by atoms with Crippen molar-refractivity contribution in [3.63, 3.8) is 0 Å². The van der Waals surface area contributed by atoms with Gasteiger partial charge in [0.25, 0.3) is 0 Å². The molecular weight excluding hydrogens is 168 g/mol. The van der Waals surface area contributed by atoms with Crippen LogP contribution in [0.1, 0.15) is 53.4 Å². The average molecular weight is 192 g/mol. The molecule has 0 heteroatoms. The topological polar surface area (TPSA) is 0 Å². The first kappa shape index (κ1) is 9.24. The molecule has 2 bridgehead atoms. The molecule has 0 spiro atoms. The summed E-state index contributed by atoms with van der Waals surface area (Å²) in [5.41, 5.74) is 1.40. The number of hydrogen-bond donors (Lipinski definition) is 0. The Morgan fingerprint density at radius 3 is 2.36 bits per heavy atom. The Kier molecular flexibility index (Phi) is 1.58. The van der Waals surface area contributed by atoms with Crippen LogP contribution in [0.5, 0.6) is 0 Å². The van der Waals surface area contributed by atoms with Crippen LogP contribution in [0.25, 0.3) is 0 Å². The van der Waals surface area contributed by atoms with Crippen molar-refractivity contribution in [2.45, 2.75) is 53.4 Å². The van der Waals surface area contributed by atoms with E-state index in [0.29, 0.717) is 10.8 Å². The fourth-order valence-electron chi connectivity index (χ4n) is 5.68. The maximum Gasteiger partial charge on any atom is -0.0215 e. The Bertz CT molecular complexity index is 267. The van der Waals surface area contributed by atoms with Crippen LogP contribution in [0.3, 0.4) is 0 Å². The maximum atomic E-state index is 2.60. The Labute approximate surface area is 88.5 Å². The van der Waals surface area contributed by atoms with Crippen molar-refractivity contribution in [1.29, 1.82) is 0 Å². The summed E-state index contributed by atoms with van der Waals surface area (Å²) in [6.07, 6.45) is 6.17. The van der Waals surface area contributed by atoms with Crippen LogP contribution in [-0.4, -0.2) is 0 Å². The van der Waals surface area contributed by atoms with Crippen molar-refractivity contribution in [3.8, 4) is 0 Å². The highest BCUT2D eigenvalue weighted by atomic mass is 14.8. The van der Waals surface area contributed by atoms with Crippen molar-refractivity contribution in [3.05, 3.63) is 0 Å². The lowest BCUT2D eigenvalue weighted by molar-refractivity contribution is -0.117. The van der Waals surface area contributed by atoms with E-state index in [0.717, 1.165) is 23.7 Å². The van der Waals surface area contributed by atoms with E-state index in [9.17, 15) is 0 Å². The lowest BCUT2D eigenvalue weighted by atomic mass is 9.45. The van der Waals surface area contributed by atoms with Crippen molar-refractivity contribution in [2.24, 2.45) is 34.5 Å². The molecule has 5 unspecified atom stereocenters. The molecule has 0 amide bonds.